The molecule has 0 radical (unpaired) electrons. The third kappa shape index (κ3) is 1.53. The van der Waals surface area contributed by atoms with Gasteiger partial charge in [-0.15, -0.1) is 0 Å². The summed E-state index contributed by atoms with van der Waals surface area (Å²) in [5, 5.41) is 12.4. The Kier molecular flexibility index (Phi) is 1.79. The minimum atomic E-state index is -3.61. The molecule has 0 unspecified atom stereocenters. The molecule has 2 aliphatic heterocycles. The average molecular weight is 200 g/mol. The lowest BCUT2D eigenvalue weighted by Crippen LogP contribution is -2.42. The van der Waals surface area contributed by atoms with Gasteiger partial charge in [-0.25, -0.2) is 5.14 Å². The molecule has 0 aromatic carbocycles. The number of rotatable bonds is 1. The van der Waals surface area contributed by atoms with E-state index in [1.54, 1.807) is 12.3 Å². The van der Waals surface area contributed by atoms with Crippen LogP contribution in [-0.2, 0) is 10.2 Å². The largest absolute Gasteiger partial charge is 0.277 e. The molecule has 0 amide bonds. The Hall–Kier alpha value is -1.05. The predicted molar refractivity (Wildman–Crippen MR) is 48.7 cm³/mol. The van der Waals surface area contributed by atoms with E-state index < -0.39 is 10.2 Å². The Balaban J connectivity index is 2.28. The zero-order valence-corrected chi connectivity index (χ0v) is 7.53. The fraction of sp³-hybridized carbons (Fsp3) is 0.333. The molecule has 0 saturated heterocycles. The summed E-state index contributed by atoms with van der Waals surface area (Å²) in [6, 6.07) is 0. The van der Waals surface area contributed by atoms with Gasteiger partial charge in [0.25, 0.3) is 10.2 Å². The normalized spacial score (nSPS) is 22.5. The zero-order chi connectivity index (χ0) is 9.47. The van der Waals surface area contributed by atoms with Crippen molar-refractivity contribution in [3.05, 3.63) is 11.6 Å². The van der Waals surface area contributed by atoms with Gasteiger partial charge in [0.1, 0.15) is 0 Å². The molecule has 0 saturated carbocycles. The van der Waals surface area contributed by atoms with Crippen LogP contribution in [0.1, 0.15) is 0 Å². The van der Waals surface area contributed by atoms with Crippen molar-refractivity contribution < 1.29 is 8.42 Å². The summed E-state index contributed by atoms with van der Waals surface area (Å²) < 4.78 is 23.0. The first-order chi connectivity index (χ1) is 6.07. The Labute approximate surface area is 75.6 Å². The maximum Gasteiger partial charge on any atom is 0.277 e. The van der Waals surface area contributed by atoms with Crippen molar-refractivity contribution in [2.75, 3.05) is 13.1 Å². The van der Waals surface area contributed by atoms with Crippen LogP contribution in [0.5, 0.6) is 0 Å². The van der Waals surface area contributed by atoms with E-state index in [0.717, 1.165) is 9.88 Å². The summed E-state index contributed by atoms with van der Waals surface area (Å²) >= 11 is 0. The van der Waals surface area contributed by atoms with Gasteiger partial charge in [0.2, 0.25) is 0 Å². The van der Waals surface area contributed by atoms with Crippen LogP contribution >= 0.6 is 0 Å². The van der Waals surface area contributed by atoms with Gasteiger partial charge in [-0.05, 0) is 0 Å². The second kappa shape index (κ2) is 2.72. The van der Waals surface area contributed by atoms with Crippen LogP contribution in [0.2, 0.25) is 0 Å². The Bertz CT molecular complexity index is 420. The first kappa shape index (κ1) is 8.54. The Morgan fingerprint density at radius 1 is 1.54 bits per heavy atom. The van der Waals surface area contributed by atoms with E-state index in [2.05, 4.69) is 10.2 Å². The van der Waals surface area contributed by atoms with E-state index in [9.17, 15) is 8.42 Å². The number of hydrogen-bond acceptors (Lipinski definition) is 4. The summed E-state index contributed by atoms with van der Waals surface area (Å²) in [6.45, 7) is 0.504. The van der Waals surface area contributed by atoms with Crippen LogP contribution in [-0.4, -0.2) is 37.7 Å². The molecule has 2 aliphatic rings. The highest BCUT2D eigenvalue weighted by molar-refractivity contribution is 7.86. The number of nitrogens with two attached hydrogens (primary N) is 1. The van der Waals surface area contributed by atoms with Gasteiger partial charge < -0.3 is 0 Å². The molecule has 0 bridgehead atoms. The second-order valence-corrected chi connectivity index (χ2v) is 4.33. The van der Waals surface area contributed by atoms with Crippen LogP contribution in [0.25, 0.3) is 0 Å². The fourth-order valence-electron chi connectivity index (χ4n) is 1.21. The minimum Gasteiger partial charge on any atom is -0.216 e. The fourth-order valence-corrected chi connectivity index (χ4v) is 1.80. The van der Waals surface area contributed by atoms with Crippen molar-refractivity contribution in [3.63, 3.8) is 0 Å². The molecule has 6 nitrogen and oxygen atoms in total. The highest BCUT2D eigenvalue weighted by Gasteiger charge is 2.25. The van der Waals surface area contributed by atoms with Crippen LogP contribution in [0.15, 0.2) is 21.9 Å². The molecule has 7 heteroatoms. The summed E-state index contributed by atoms with van der Waals surface area (Å²) in [4.78, 5) is 0. The quantitative estimate of drug-likeness (QED) is 0.580. The predicted octanol–water partition coefficient (Wildman–Crippen LogP) is -1.13. The van der Waals surface area contributed by atoms with Crippen molar-refractivity contribution in [1.29, 1.82) is 0 Å². The van der Waals surface area contributed by atoms with Crippen molar-refractivity contribution in [2.45, 2.75) is 0 Å². The Morgan fingerprint density at radius 3 is 3.00 bits per heavy atom. The number of fused-ring (bicyclic) bond motifs is 1. The molecule has 13 heavy (non-hydrogen) atoms. The topological polar surface area (TPSA) is 88.1 Å². The molecule has 0 aromatic rings. The molecule has 0 aromatic heterocycles. The molecular formula is C6H8N4O2S. The molecule has 2 heterocycles. The van der Waals surface area contributed by atoms with Crippen molar-refractivity contribution in [1.82, 2.24) is 4.31 Å². The monoisotopic (exact) mass is 200 g/mol. The summed E-state index contributed by atoms with van der Waals surface area (Å²) in [6.07, 6.45) is 3.35. The van der Waals surface area contributed by atoms with Gasteiger partial charge >= 0.3 is 0 Å². The molecule has 0 atom stereocenters. The third-order valence-electron chi connectivity index (χ3n) is 1.91. The van der Waals surface area contributed by atoms with Gasteiger partial charge in [-0.3, -0.25) is 0 Å². The van der Waals surface area contributed by atoms with E-state index in [1.807, 2.05) is 0 Å². The van der Waals surface area contributed by atoms with Gasteiger partial charge in [0.15, 0.2) is 0 Å². The summed E-state index contributed by atoms with van der Waals surface area (Å²) in [5.41, 5.74) is 1.54. The molecule has 0 fully saturated rings. The molecule has 2 N–H and O–H groups in total. The van der Waals surface area contributed by atoms with Gasteiger partial charge in [-0.2, -0.15) is 22.9 Å². The van der Waals surface area contributed by atoms with Crippen molar-refractivity contribution in [2.24, 2.45) is 15.3 Å². The highest BCUT2D eigenvalue weighted by atomic mass is 32.2. The first-order valence-corrected chi connectivity index (χ1v) is 5.16. The van der Waals surface area contributed by atoms with Crippen LogP contribution in [0, 0.1) is 0 Å². The van der Waals surface area contributed by atoms with E-state index in [1.165, 1.54) is 0 Å². The van der Waals surface area contributed by atoms with Crippen LogP contribution in [0.3, 0.4) is 0 Å². The van der Waals surface area contributed by atoms with Gasteiger partial charge in [0.05, 0.1) is 18.5 Å². The van der Waals surface area contributed by atoms with E-state index in [0.29, 0.717) is 12.3 Å². The third-order valence-corrected chi connectivity index (χ3v) is 2.91. The van der Waals surface area contributed by atoms with Crippen molar-refractivity contribution >= 4 is 22.1 Å². The lowest BCUT2D eigenvalue weighted by molar-refractivity contribution is 0.479. The van der Waals surface area contributed by atoms with E-state index in [-0.39, 0.29) is 6.54 Å². The van der Waals surface area contributed by atoms with Gasteiger partial charge in [0, 0.05) is 12.1 Å². The molecule has 0 aliphatic carbocycles. The molecule has 0 spiro atoms. The Morgan fingerprint density at radius 2 is 2.31 bits per heavy atom. The SMILES string of the molecule is NS(=O)(=O)N1CC=C2C=NN=C2C1. The average Bonchev–Trinajstić information content (AvgIpc) is 2.47. The standard InChI is InChI=1S/C6H8N4O2S/c7-13(11,12)10-2-1-5-3-8-9-6(5)4-10/h1,3H,2,4H2,(H2,7,11,12). The second-order valence-electron chi connectivity index (χ2n) is 2.79. The highest BCUT2D eigenvalue weighted by Crippen LogP contribution is 2.12. The number of hydrogen-bond donors (Lipinski definition) is 1. The summed E-state index contributed by atoms with van der Waals surface area (Å²) in [5.74, 6) is 0. The van der Waals surface area contributed by atoms with Gasteiger partial charge in [-0.1, -0.05) is 6.08 Å². The molecular weight excluding hydrogens is 192 g/mol. The number of nitrogens with zero attached hydrogens (tertiary/aromatic N) is 3. The maximum absolute atomic E-state index is 11.0. The maximum atomic E-state index is 11.0. The minimum absolute atomic E-state index is 0.213. The smallest absolute Gasteiger partial charge is 0.216 e. The van der Waals surface area contributed by atoms with E-state index in [4.69, 9.17) is 5.14 Å². The lowest BCUT2D eigenvalue weighted by Gasteiger charge is -2.21. The van der Waals surface area contributed by atoms with E-state index >= 15 is 0 Å². The van der Waals surface area contributed by atoms with Crippen LogP contribution in [0.4, 0.5) is 0 Å². The van der Waals surface area contributed by atoms with Crippen LogP contribution < -0.4 is 5.14 Å². The molecule has 70 valence electrons. The molecule has 2 rings (SSSR count). The lowest BCUT2D eigenvalue weighted by atomic mass is 10.1. The van der Waals surface area contributed by atoms with Crippen molar-refractivity contribution in [3.8, 4) is 0 Å². The first-order valence-electron chi connectivity index (χ1n) is 3.66. The summed E-state index contributed by atoms with van der Waals surface area (Å²) in [7, 11) is -3.61. The zero-order valence-electron chi connectivity index (χ0n) is 6.71.